The second-order valence-electron chi connectivity index (χ2n) is 4.24. The molecule has 2 aliphatic rings. The molecule has 2 fully saturated rings. The highest BCUT2D eigenvalue weighted by molar-refractivity contribution is 5.79. The van der Waals surface area contributed by atoms with Crippen molar-refractivity contribution in [3.63, 3.8) is 0 Å². The summed E-state index contributed by atoms with van der Waals surface area (Å²) in [5.41, 5.74) is 0. The van der Waals surface area contributed by atoms with Crippen LogP contribution in [0.3, 0.4) is 0 Å². The minimum atomic E-state index is 0.251. The lowest BCUT2D eigenvalue weighted by atomic mass is 9.94. The first kappa shape index (κ1) is 9.00. The van der Waals surface area contributed by atoms with Crippen molar-refractivity contribution in [2.24, 2.45) is 11.8 Å². The van der Waals surface area contributed by atoms with Crippen LogP contribution in [-0.4, -0.2) is 37.1 Å². The monoisotopic (exact) mass is 183 g/mol. The van der Waals surface area contributed by atoms with Crippen LogP contribution in [-0.2, 0) is 9.53 Å². The van der Waals surface area contributed by atoms with Gasteiger partial charge in [0.2, 0.25) is 5.91 Å². The Hall–Kier alpha value is -0.570. The molecule has 0 aromatic carbocycles. The summed E-state index contributed by atoms with van der Waals surface area (Å²) in [6.45, 7) is 5.65. The van der Waals surface area contributed by atoms with Crippen LogP contribution >= 0.6 is 0 Å². The van der Waals surface area contributed by atoms with Gasteiger partial charge >= 0.3 is 0 Å². The summed E-state index contributed by atoms with van der Waals surface area (Å²) in [5, 5.41) is 0. The number of carbonyl (C=O) groups is 1. The summed E-state index contributed by atoms with van der Waals surface area (Å²) >= 11 is 0. The van der Waals surface area contributed by atoms with E-state index in [-0.39, 0.29) is 5.92 Å². The van der Waals surface area contributed by atoms with Gasteiger partial charge < -0.3 is 9.64 Å². The third-order valence-electron chi connectivity index (χ3n) is 2.95. The van der Waals surface area contributed by atoms with Crippen molar-refractivity contribution in [1.29, 1.82) is 0 Å². The lowest BCUT2D eigenvalue weighted by molar-refractivity contribution is -0.144. The molecular formula is C10H17NO2. The molecule has 0 bridgehead atoms. The van der Waals surface area contributed by atoms with Crippen molar-refractivity contribution in [2.45, 2.75) is 19.8 Å². The Morgan fingerprint density at radius 2 is 1.92 bits per heavy atom. The molecule has 13 heavy (non-hydrogen) atoms. The van der Waals surface area contributed by atoms with Gasteiger partial charge in [-0.3, -0.25) is 4.79 Å². The van der Waals surface area contributed by atoms with Crippen molar-refractivity contribution in [3.8, 4) is 0 Å². The fourth-order valence-corrected chi connectivity index (χ4v) is 2.08. The highest BCUT2D eigenvalue weighted by Crippen LogP contribution is 2.22. The first-order valence-corrected chi connectivity index (χ1v) is 5.14. The maximum atomic E-state index is 11.8. The zero-order chi connectivity index (χ0) is 9.26. The Labute approximate surface area is 79.0 Å². The molecule has 0 radical (unpaired) electrons. The summed E-state index contributed by atoms with van der Waals surface area (Å²) in [7, 11) is 0. The quantitative estimate of drug-likeness (QED) is 0.604. The number of ether oxygens (including phenoxy) is 1. The highest BCUT2D eigenvalue weighted by Gasteiger charge is 2.32. The van der Waals surface area contributed by atoms with Crippen molar-refractivity contribution in [2.75, 3.05) is 26.3 Å². The van der Waals surface area contributed by atoms with E-state index in [0.717, 1.165) is 39.1 Å². The molecule has 2 aliphatic heterocycles. The predicted octanol–water partition coefficient (Wildman–Crippen LogP) is 0.891. The third kappa shape index (κ3) is 1.85. The maximum Gasteiger partial charge on any atom is 0.225 e. The van der Waals surface area contributed by atoms with E-state index in [1.165, 1.54) is 0 Å². The van der Waals surface area contributed by atoms with Crippen LogP contribution in [0.15, 0.2) is 0 Å². The Balaban J connectivity index is 1.82. The Bertz CT molecular complexity index is 193. The number of nitrogens with zero attached hydrogens (tertiary/aromatic N) is 1. The van der Waals surface area contributed by atoms with Crippen LogP contribution < -0.4 is 0 Å². The average Bonchev–Trinajstić information content (AvgIpc) is 2.13. The van der Waals surface area contributed by atoms with Gasteiger partial charge in [0.05, 0.1) is 0 Å². The second-order valence-corrected chi connectivity index (χ2v) is 4.24. The Morgan fingerprint density at radius 3 is 2.46 bits per heavy atom. The minimum Gasteiger partial charge on any atom is -0.381 e. The topological polar surface area (TPSA) is 29.5 Å². The molecule has 74 valence electrons. The standard InChI is InChI=1S/C10H17NO2/c1-8-6-11(7-8)10(12)9-2-4-13-5-3-9/h8-9H,2-7H2,1H3. The summed E-state index contributed by atoms with van der Waals surface area (Å²) in [6.07, 6.45) is 1.84. The largest absolute Gasteiger partial charge is 0.381 e. The molecule has 3 nitrogen and oxygen atoms in total. The number of likely N-dealkylation sites (tertiary alicyclic amines) is 1. The molecule has 0 atom stereocenters. The number of carbonyl (C=O) groups excluding carboxylic acids is 1. The molecule has 0 aromatic rings. The van der Waals surface area contributed by atoms with E-state index in [4.69, 9.17) is 4.74 Å². The average molecular weight is 183 g/mol. The molecular weight excluding hydrogens is 166 g/mol. The molecule has 2 saturated heterocycles. The van der Waals surface area contributed by atoms with Gasteiger partial charge in [-0.05, 0) is 18.8 Å². The van der Waals surface area contributed by atoms with Gasteiger partial charge in [0.15, 0.2) is 0 Å². The van der Waals surface area contributed by atoms with Gasteiger partial charge in [-0.15, -0.1) is 0 Å². The Kier molecular flexibility index (Phi) is 2.54. The summed E-state index contributed by atoms with van der Waals surface area (Å²) in [5.74, 6) is 1.33. The molecule has 2 heterocycles. The van der Waals surface area contributed by atoms with Gasteiger partial charge in [0, 0.05) is 32.2 Å². The number of hydrogen-bond acceptors (Lipinski definition) is 2. The van der Waals surface area contributed by atoms with E-state index < -0.39 is 0 Å². The molecule has 0 saturated carbocycles. The second kappa shape index (κ2) is 3.66. The summed E-state index contributed by atoms with van der Waals surface area (Å²) in [4.78, 5) is 13.8. The van der Waals surface area contributed by atoms with Crippen LogP contribution in [0.5, 0.6) is 0 Å². The Morgan fingerprint density at radius 1 is 1.31 bits per heavy atom. The van der Waals surface area contributed by atoms with Gasteiger partial charge in [-0.1, -0.05) is 6.92 Å². The lowest BCUT2D eigenvalue weighted by Gasteiger charge is -2.40. The normalized spacial score (nSPS) is 25.8. The summed E-state index contributed by atoms with van der Waals surface area (Å²) in [6, 6.07) is 0. The number of hydrogen-bond donors (Lipinski definition) is 0. The van der Waals surface area contributed by atoms with Crippen molar-refractivity contribution in [3.05, 3.63) is 0 Å². The van der Waals surface area contributed by atoms with Crippen LogP contribution in [0.4, 0.5) is 0 Å². The molecule has 1 amide bonds. The maximum absolute atomic E-state index is 11.8. The molecule has 3 heteroatoms. The van der Waals surface area contributed by atoms with Gasteiger partial charge in [0.25, 0.3) is 0 Å². The zero-order valence-corrected chi connectivity index (χ0v) is 8.16. The first-order valence-electron chi connectivity index (χ1n) is 5.14. The lowest BCUT2D eigenvalue weighted by Crippen LogP contribution is -2.51. The minimum absolute atomic E-state index is 0.251. The molecule has 2 rings (SSSR count). The molecule has 0 aromatic heterocycles. The smallest absolute Gasteiger partial charge is 0.225 e. The van der Waals surface area contributed by atoms with Crippen molar-refractivity contribution >= 4 is 5.91 Å². The number of amides is 1. The zero-order valence-electron chi connectivity index (χ0n) is 8.16. The summed E-state index contributed by atoms with van der Waals surface area (Å²) < 4.78 is 5.23. The van der Waals surface area contributed by atoms with E-state index in [0.29, 0.717) is 11.8 Å². The van der Waals surface area contributed by atoms with Crippen LogP contribution in [0.1, 0.15) is 19.8 Å². The molecule has 0 spiro atoms. The van der Waals surface area contributed by atoms with E-state index in [1.54, 1.807) is 0 Å². The number of rotatable bonds is 1. The van der Waals surface area contributed by atoms with E-state index in [2.05, 4.69) is 6.92 Å². The van der Waals surface area contributed by atoms with Crippen LogP contribution in [0.2, 0.25) is 0 Å². The first-order chi connectivity index (χ1) is 6.27. The molecule has 0 unspecified atom stereocenters. The van der Waals surface area contributed by atoms with E-state index in [1.807, 2.05) is 4.90 Å². The van der Waals surface area contributed by atoms with Crippen molar-refractivity contribution in [1.82, 2.24) is 4.90 Å². The third-order valence-corrected chi connectivity index (χ3v) is 2.95. The van der Waals surface area contributed by atoms with Gasteiger partial charge in [-0.2, -0.15) is 0 Å². The molecule has 0 aliphatic carbocycles. The SMILES string of the molecule is CC1CN(C(=O)C2CCOCC2)C1. The van der Waals surface area contributed by atoms with Crippen LogP contribution in [0.25, 0.3) is 0 Å². The fourth-order valence-electron chi connectivity index (χ4n) is 2.08. The fraction of sp³-hybridized carbons (Fsp3) is 0.900. The van der Waals surface area contributed by atoms with Gasteiger partial charge in [-0.25, -0.2) is 0 Å². The van der Waals surface area contributed by atoms with E-state index in [9.17, 15) is 4.79 Å². The van der Waals surface area contributed by atoms with E-state index >= 15 is 0 Å². The van der Waals surface area contributed by atoms with Gasteiger partial charge in [0.1, 0.15) is 0 Å². The van der Waals surface area contributed by atoms with Crippen molar-refractivity contribution < 1.29 is 9.53 Å². The highest BCUT2D eigenvalue weighted by atomic mass is 16.5. The predicted molar refractivity (Wildman–Crippen MR) is 49.3 cm³/mol. The van der Waals surface area contributed by atoms with Crippen LogP contribution in [0, 0.1) is 11.8 Å². The molecule has 0 N–H and O–H groups in total.